The Kier molecular flexibility index (Phi) is 6.45. The molecule has 5 heteroatoms. The number of hydrogen-bond donors (Lipinski definition) is 3. The molecule has 1 aliphatic carbocycles. The van der Waals surface area contributed by atoms with Crippen LogP contribution in [0.5, 0.6) is 0 Å². The molecular weight excluding hydrogens is 316 g/mol. The van der Waals surface area contributed by atoms with Crippen LogP contribution in [0.15, 0.2) is 24.3 Å². The molecule has 0 aromatic heterocycles. The average Bonchev–Trinajstić information content (AvgIpc) is 2.65. The molecule has 0 spiro atoms. The van der Waals surface area contributed by atoms with Gasteiger partial charge in [0.05, 0.1) is 12.1 Å². The lowest BCUT2D eigenvalue weighted by Gasteiger charge is -2.31. The first kappa shape index (κ1) is 18.4. The van der Waals surface area contributed by atoms with Gasteiger partial charge in [0, 0.05) is 18.7 Å². The van der Waals surface area contributed by atoms with Gasteiger partial charge in [-0.05, 0) is 62.4 Å². The van der Waals surface area contributed by atoms with E-state index >= 15 is 0 Å². The maximum absolute atomic E-state index is 12.4. The Morgan fingerprint density at radius 1 is 1.08 bits per heavy atom. The third-order valence-electron chi connectivity index (χ3n) is 5.63. The van der Waals surface area contributed by atoms with Crippen molar-refractivity contribution in [2.45, 2.75) is 57.2 Å². The van der Waals surface area contributed by atoms with Gasteiger partial charge in [-0.25, -0.2) is 0 Å². The number of piperidine rings is 1. The number of benzene rings is 1. The highest BCUT2D eigenvalue weighted by Gasteiger charge is 2.25. The van der Waals surface area contributed by atoms with Gasteiger partial charge in [-0.3, -0.25) is 9.69 Å². The number of amides is 1. The summed E-state index contributed by atoms with van der Waals surface area (Å²) in [5.74, 6) is 0.360. The number of rotatable bonds is 5. The molecule has 3 rings (SSSR count). The molecule has 0 unspecified atom stereocenters. The number of aliphatic hydroxyl groups excluding tert-OH is 2. The monoisotopic (exact) mass is 346 g/mol. The van der Waals surface area contributed by atoms with Crippen LogP contribution in [0.2, 0.25) is 0 Å². The van der Waals surface area contributed by atoms with Crippen LogP contribution in [0.4, 0.5) is 0 Å². The van der Waals surface area contributed by atoms with Crippen LogP contribution < -0.4 is 5.32 Å². The van der Waals surface area contributed by atoms with Crippen LogP contribution in [0.1, 0.15) is 54.4 Å². The first-order valence-corrected chi connectivity index (χ1v) is 9.57. The zero-order valence-electron chi connectivity index (χ0n) is 14.9. The molecule has 0 bridgehead atoms. The summed E-state index contributed by atoms with van der Waals surface area (Å²) in [5.41, 5.74) is 1.86. The van der Waals surface area contributed by atoms with E-state index in [0.29, 0.717) is 18.1 Å². The van der Waals surface area contributed by atoms with Crippen molar-refractivity contribution in [2.24, 2.45) is 5.92 Å². The van der Waals surface area contributed by atoms with Crippen molar-refractivity contribution in [3.05, 3.63) is 35.4 Å². The van der Waals surface area contributed by atoms with E-state index in [9.17, 15) is 15.0 Å². The molecular formula is C20H30N2O3. The van der Waals surface area contributed by atoms with Crippen LogP contribution in [0.25, 0.3) is 0 Å². The zero-order chi connectivity index (χ0) is 17.6. The van der Waals surface area contributed by atoms with E-state index in [1.807, 2.05) is 24.3 Å². The number of aliphatic hydroxyl groups is 2. The van der Waals surface area contributed by atoms with Crippen LogP contribution in [-0.2, 0) is 6.54 Å². The van der Waals surface area contributed by atoms with Gasteiger partial charge in [-0.1, -0.05) is 25.0 Å². The van der Waals surface area contributed by atoms with Crippen molar-refractivity contribution in [3.63, 3.8) is 0 Å². The van der Waals surface area contributed by atoms with Gasteiger partial charge < -0.3 is 15.5 Å². The number of nitrogens with zero attached hydrogens (tertiary/aromatic N) is 1. The molecule has 1 heterocycles. The van der Waals surface area contributed by atoms with Crippen LogP contribution in [-0.4, -0.2) is 52.9 Å². The highest BCUT2D eigenvalue weighted by molar-refractivity contribution is 5.94. The minimum atomic E-state index is -0.418. The second-order valence-electron chi connectivity index (χ2n) is 7.53. The molecule has 1 aromatic rings. The van der Waals surface area contributed by atoms with E-state index in [-0.39, 0.29) is 11.9 Å². The number of likely N-dealkylation sites (tertiary alicyclic amines) is 1. The smallest absolute Gasteiger partial charge is 0.251 e. The molecule has 1 saturated carbocycles. The summed E-state index contributed by atoms with van der Waals surface area (Å²) in [6, 6.07) is 7.67. The fourth-order valence-electron chi connectivity index (χ4n) is 3.88. The van der Waals surface area contributed by atoms with Gasteiger partial charge in [-0.2, -0.15) is 0 Å². The predicted molar refractivity (Wildman–Crippen MR) is 97.3 cm³/mol. The third kappa shape index (κ3) is 5.03. The first-order chi connectivity index (χ1) is 12.2. The van der Waals surface area contributed by atoms with Crippen molar-refractivity contribution in [2.75, 3.05) is 19.7 Å². The van der Waals surface area contributed by atoms with Crippen molar-refractivity contribution in [1.29, 1.82) is 0 Å². The lowest BCUT2D eigenvalue weighted by molar-refractivity contribution is 0.0717. The second kappa shape index (κ2) is 8.79. The highest BCUT2D eigenvalue weighted by atomic mass is 16.3. The summed E-state index contributed by atoms with van der Waals surface area (Å²) in [6.07, 6.45) is 5.43. The van der Waals surface area contributed by atoms with Gasteiger partial charge in [0.1, 0.15) is 0 Å². The normalized spacial score (nSPS) is 25.7. The Morgan fingerprint density at radius 3 is 2.40 bits per heavy atom. The van der Waals surface area contributed by atoms with Gasteiger partial charge in [-0.15, -0.1) is 0 Å². The predicted octanol–water partition coefficient (Wildman–Crippen LogP) is 1.92. The van der Waals surface area contributed by atoms with Crippen LogP contribution in [0.3, 0.4) is 0 Å². The second-order valence-corrected chi connectivity index (χ2v) is 7.53. The molecule has 0 radical (unpaired) electrons. The van der Waals surface area contributed by atoms with E-state index < -0.39 is 6.10 Å². The number of nitrogens with one attached hydrogen (secondary N) is 1. The van der Waals surface area contributed by atoms with Gasteiger partial charge in [0.15, 0.2) is 0 Å². The third-order valence-corrected chi connectivity index (χ3v) is 5.63. The van der Waals surface area contributed by atoms with Gasteiger partial charge >= 0.3 is 0 Å². The summed E-state index contributed by atoms with van der Waals surface area (Å²) in [7, 11) is 0. The first-order valence-electron chi connectivity index (χ1n) is 9.57. The summed E-state index contributed by atoms with van der Waals surface area (Å²) in [4.78, 5) is 14.8. The Balaban J connectivity index is 1.50. The fraction of sp³-hybridized carbons (Fsp3) is 0.650. The maximum Gasteiger partial charge on any atom is 0.251 e. The van der Waals surface area contributed by atoms with Crippen molar-refractivity contribution in [3.8, 4) is 0 Å². The molecule has 1 amide bonds. The number of hydrogen-bond acceptors (Lipinski definition) is 4. The minimum absolute atomic E-state index is 0.0961. The summed E-state index contributed by atoms with van der Waals surface area (Å²) in [5, 5.41) is 22.2. The van der Waals surface area contributed by atoms with E-state index in [1.54, 1.807) is 0 Å². The quantitative estimate of drug-likeness (QED) is 0.762. The Bertz CT molecular complexity index is 553. The van der Waals surface area contributed by atoms with E-state index in [0.717, 1.165) is 58.2 Å². The van der Waals surface area contributed by atoms with Crippen molar-refractivity contribution >= 4 is 5.91 Å². The summed E-state index contributed by atoms with van der Waals surface area (Å²) in [6.45, 7) is 3.23. The molecule has 25 heavy (non-hydrogen) atoms. The Hall–Kier alpha value is -1.43. The average molecular weight is 346 g/mol. The highest BCUT2D eigenvalue weighted by Crippen LogP contribution is 2.20. The molecule has 1 saturated heterocycles. The SMILES string of the molecule is O=C(N[C@H]1CCCC[C@@H]1O)c1ccc(CN2CCC(CO)CC2)cc1. The fourth-order valence-corrected chi connectivity index (χ4v) is 3.88. The molecule has 5 nitrogen and oxygen atoms in total. The molecule has 3 N–H and O–H groups in total. The maximum atomic E-state index is 12.4. The molecule has 2 fully saturated rings. The molecule has 138 valence electrons. The zero-order valence-corrected chi connectivity index (χ0v) is 14.9. The lowest BCUT2D eigenvalue weighted by Crippen LogP contribution is -2.45. The Labute approximate surface area is 150 Å². The van der Waals surface area contributed by atoms with Crippen LogP contribution >= 0.6 is 0 Å². The van der Waals surface area contributed by atoms with Crippen molar-refractivity contribution in [1.82, 2.24) is 10.2 Å². The van der Waals surface area contributed by atoms with E-state index in [2.05, 4.69) is 10.2 Å². The molecule has 1 aliphatic heterocycles. The molecule has 2 aliphatic rings. The largest absolute Gasteiger partial charge is 0.396 e. The number of carbonyl (C=O) groups is 1. The van der Waals surface area contributed by atoms with Gasteiger partial charge in [0.2, 0.25) is 0 Å². The van der Waals surface area contributed by atoms with Gasteiger partial charge in [0.25, 0.3) is 5.91 Å². The standard InChI is InChI=1S/C20H30N2O3/c23-14-16-9-11-22(12-10-16)13-15-5-7-17(8-6-15)20(25)21-18-3-1-2-4-19(18)24/h5-8,16,18-19,23-24H,1-4,9-14H2,(H,21,25)/t18-,19-/m0/s1. The van der Waals surface area contributed by atoms with Crippen LogP contribution in [0, 0.1) is 5.92 Å². The van der Waals surface area contributed by atoms with Crippen molar-refractivity contribution < 1.29 is 15.0 Å². The minimum Gasteiger partial charge on any atom is -0.396 e. The molecule has 2 atom stereocenters. The number of carbonyl (C=O) groups excluding carboxylic acids is 1. The summed E-state index contributed by atoms with van der Waals surface area (Å²) < 4.78 is 0. The van der Waals surface area contributed by atoms with E-state index in [1.165, 1.54) is 5.56 Å². The van der Waals surface area contributed by atoms with E-state index in [4.69, 9.17) is 0 Å². The summed E-state index contributed by atoms with van der Waals surface area (Å²) >= 11 is 0. The topological polar surface area (TPSA) is 72.8 Å². The Morgan fingerprint density at radius 2 is 1.76 bits per heavy atom. The molecule has 1 aromatic carbocycles. The lowest BCUT2D eigenvalue weighted by atomic mass is 9.92.